The number of furan rings is 1. The van der Waals surface area contributed by atoms with Crippen molar-refractivity contribution in [3.8, 4) is 0 Å². The van der Waals surface area contributed by atoms with E-state index in [1.807, 2.05) is 18.7 Å². The molecule has 1 fully saturated rings. The van der Waals surface area contributed by atoms with Crippen LogP contribution < -0.4 is 5.32 Å². The molecule has 0 bridgehead atoms. The molecule has 0 atom stereocenters. The SMILES string of the molecule is CC(C)C(=O)N1CCC(NCc2ccc(C(=O)O)o2)CC1. The van der Waals surface area contributed by atoms with Crippen molar-refractivity contribution < 1.29 is 19.1 Å². The van der Waals surface area contributed by atoms with Crippen LogP contribution in [0.15, 0.2) is 16.5 Å². The number of carboxylic acids is 1. The molecule has 116 valence electrons. The van der Waals surface area contributed by atoms with Gasteiger partial charge in [0.25, 0.3) is 0 Å². The first-order valence-corrected chi connectivity index (χ1v) is 7.31. The van der Waals surface area contributed by atoms with Crippen LogP contribution in [0.5, 0.6) is 0 Å². The summed E-state index contributed by atoms with van der Waals surface area (Å²) in [7, 11) is 0. The van der Waals surface area contributed by atoms with Crippen LogP contribution in [0.1, 0.15) is 43.0 Å². The fraction of sp³-hybridized carbons (Fsp3) is 0.600. The third-order valence-corrected chi connectivity index (χ3v) is 3.74. The Bertz CT molecular complexity index is 502. The fourth-order valence-corrected chi connectivity index (χ4v) is 2.50. The predicted molar refractivity (Wildman–Crippen MR) is 76.9 cm³/mol. The maximum atomic E-state index is 11.9. The van der Waals surface area contributed by atoms with Crippen LogP contribution >= 0.6 is 0 Å². The van der Waals surface area contributed by atoms with Crippen LogP contribution in [-0.2, 0) is 11.3 Å². The highest BCUT2D eigenvalue weighted by Gasteiger charge is 2.24. The Kier molecular flexibility index (Phi) is 5.01. The zero-order valence-corrected chi connectivity index (χ0v) is 12.5. The minimum Gasteiger partial charge on any atom is -0.475 e. The average molecular weight is 294 g/mol. The molecule has 1 aliphatic heterocycles. The lowest BCUT2D eigenvalue weighted by Crippen LogP contribution is -2.45. The minimum absolute atomic E-state index is 0.0378. The highest BCUT2D eigenvalue weighted by molar-refractivity contribution is 5.84. The molecule has 0 radical (unpaired) electrons. The summed E-state index contributed by atoms with van der Waals surface area (Å²) in [6, 6.07) is 3.47. The van der Waals surface area contributed by atoms with Crippen molar-refractivity contribution in [2.24, 2.45) is 5.92 Å². The van der Waals surface area contributed by atoms with E-state index < -0.39 is 5.97 Å². The zero-order chi connectivity index (χ0) is 15.4. The maximum Gasteiger partial charge on any atom is 0.371 e. The number of carbonyl (C=O) groups is 2. The highest BCUT2D eigenvalue weighted by atomic mass is 16.4. The number of likely N-dealkylation sites (tertiary alicyclic amines) is 1. The Morgan fingerprint density at radius 1 is 1.38 bits per heavy atom. The Hall–Kier alpha value is -1.82. The molecule has 0 aromatic carbocycles. The van der Waals surface area contributed by atoms with E-state index in [2.05, 4.69) is 5.32 Å². The van der Waals surface area contributed by atoms with Crippen molar-refractivity contribution in [2.45, 2.75) is 39.3 Å². The minimum atomic E-state index is -1.05. The molecule has 6 nitrogen and oxygen atoms in total. The standard InChI is InChI=1S/C15H22N2O4/c1-10(2)14(18)17-7-5-11(6-8-17)16-9-12-3-4-13(21-12)15(19)20/h3-4,10-11,16H,5-9H2,1-2H3,(H,19,20). The fourth-order valence-electron chi connectivity index (χ4n) is 2.50. The van der Waals surface area contributed by atoms with Gasteiger partial charge in [-0.3, -0.25) is 4.79 Å². The molecule has 0 unspecified atom stereocenters. The molecule has 2 heterocycles. The molecule has 1 aliphatic rings. The molecule has 1 amide bonds. The number of aromatic carboxylic acids is 1. The van der Waals surface area contributed by atoms with E-state index in [-0.39, 0.29) is 17.6 Å². The van der Waals surface area contributed by atoms with Crippen molar-refractivity contribution >= 4 is 11.9 Å². The van der Waals surface area contributed by atoms with E-state index in [1.165, 1.54) is 6.07 Å². The van der Waals surface area contributed by atoms with Crippen molar-refractivity contribution in [3.05, 3.63) is 23.7 Å². The van der Waals surface area contributed by atoms with Gasteiger partial charge in [-0.25, -0.2) is 4.79 Å². The summed E-state index contributed by atoms with van der Waals surface area (Å²) in [4.78, 5) is 24.5. The first kappa shape index (κ1) is 15.6. The van der Waals surface area contributed by atoms with Gasteiger partial charge in [-0.1, -0.05) is 13.8 Å². The van der Waals surface area contributed by atoms with Gasteiger partial charge in [-0.2, -0.15) is 0 Å². The third-order valence-electron chi connectivity index (χ3n) is 3.74. The van der Waals surface area contributed by atoms with E-state index in [4.69, 9.17) is 9.52 Å². The average Bonchev–Trinajstić information content (AvgIpc) is 2.94. The lowest BCUT2D eigenvalue weighted by molar-refractivity contribution is -0.135. The van der Waals surface area contributed by atoms with Crippen LogP contribution in [0, 0.1) is 5.92 Å². The second-order valence-electron chi connectivity index (χ2n) is 5.71. The summed E-state index contributed by atoms with van der Waals surface area (Å²) < 4.78 is 5.20. The Morgan fingerprint density at radius 3 is 2.57 bits per heavy atom. The van der Waals surface area contributed by atoms with E-state index >= 15 is 0 Å². The number of nitrogens with one attached hydrogen (secondary N) is 1. The van der Waals surface area contributed by atoms with Gasteiger partial charge in [0, 0.05) is 25.0 Å². The highest BCUT2D eigenvalue weighted by Crippen LogP contribution is 2.14. The van der Waals surface area contributed by atoms with Gasteiger partial charge in [-0.05, 0) is 25.0 Å². The predicted octanol–water partition coefficient (Wildman–Crippen LogP) is 1.71. The number of piperidine rings is 1. The van der Waals surface area contributed by atoms with Crippen molar-refractivity contribution in [3.63, 3.8) is 0 Å². The number of hydrogen-bond acceptors (Lipinski definition) is 4. The summed E-state index contributed by atoms with van der Waals surface area (Å²) in [5, 5.41) is 12.1. The molecule has 1 saturated heterocycles. The van der Waals surface area contributed by atoms with E-state index in [1.54, 1.807) is 6.07 Å². The lowest BCUT2D eigenvalue weighted by Gasteiger charge is -2.33. The second kappa shape index (κ2) is 6.76. The molecule has 1 aromatic rings. The Balaban J connectivity index is 1.76. The summed E-state index contributed by atoms with van der Waals surface area (Å²) in [5.74, 6) is -0.211. The summed E-state index contributed by atoms with van der Waals surface area (Å²) in [5.41, 5.74) is 0. The van der Waals surface area contributed by atoms with Gasteiger partial charge >= 0.3 is 5.97 Å². The van der Waals surface area contributed by atoms with Gasteiger partial charge in [0.2, 0.25) is 11.7 Å². The van der Waals surface area contributed by atoms with E-state index in [9.17, 15) is 9.59 Å². The molecule has 2 rings (SSSR count). The number of amides is 1. The van der Waals surface area contributed by atoms with Gasteiger partial charge < -0.3 is 19.7 Å². The quantitative estimate of drug-likeness (QED) is 0.864. The van der Waals surface area contributed by atoms with Gasteiger partial charge in [0.1, 0.15) is 5.76 Å². The van der Waals surface area contributed by atoms with Crippen LogP contribution in [0.4, 0.5) is 0 Å². The molecule has 0 saturated carbocycles. The summed E-state index contributed by atoms with van der Waals surface area (Å²) in [6.45, 7) is 5.89. The van der Waals surface area contributed by atoms with Crippen molar-refractivity contribution in [2.75, 3.05) is 13.1 Å². The molecular formula is C15H22N2O4. The summed E-state index contributed by atoms with van der Waals surface area (Å²) >= 11 is 0. The van der Waals surface area contributed by atoms with Crippen LogP contribution in [0.3, 0.4) is 0 Å². The van der Waals surface area contributed by atoms with Gasteiger partial charge in [0.05, 0.1) is 6.54 Å². The largest absolute Gasteiger partial charge is 0.475 e. The number of carboxylic acid groups (broad SMARTS) is 1. The van der Waals surface area contributed by atoms with Crippen molar-refractivity contribution in [1.82, 2.24) is 10.2 Å². The zero-order valence-electron chi connectivity index (χ0n) is 12.5. The van der Waals surface area contributed by atoms with Gasteiger partial charge in [-0.15, -0.1) is 0 Å². The molecule has 6 heteroatoms. The number of nitrogens with zero attached hydrogens (tertiary/aromatic N) is 1. The molecule has 0 aliphatic carbocycles. The lowest BCUT2D eigenvalue weighted by atomic mass is 10.0. The normalized spacial score (nSPS) is 16.4. The van der Waals surface area contributed by atoms with Crippen molar-refractivity contribution in [1.29, 1.82) is 0 Å². The van der Waals surface area contributed by atoms with Crippen LogP contribution in [0.2, 0.25) is 0 Å². The van der Waals surface area contributed by atoms with Crippen LogP contribution in [0.25, 0.3) is 0 Å². The van der Waals surface area contributed by atoms with Crippen LogP contribution in [-0.4, -0.2) is 41.0 Å². The topological polar surface area (TPSA) is 82.8 Å². The molecule has 1 aromatic heterocycles. The first-order chi connectivity index (χ1) is 9.97. The molecular weight excluding hydrogens is 272 g/mol. The summed E-state index contributed by atoms with van der Waals surface area (Å²) in [6.07, 6.45) is 1.82. The van der Waals surface area contributed by atoms with Gasteiger partial charge in [0.15, 0.2) is 0 Å². The second-order valence-corrected chi connectivity index (χ2v) is 5.71. The monoisotopic (exact) mass is 294 g/mol. The molecule has 21 heavy (non-hydrogen) atoms. The molecule has 0 spiro atoms. The first-order valence-electron chi connectivity index (χ1n) is 7.31. The maximum absolute atomic E-state index is 11.9. The Morgan fingerprint density at radius 2 is 2.05 bits per heavy atom. The smallest absolute Gasteiger partial charge is 0.371 e. The third kappa shape index (κ3) is 4.07. The number of rotatable bonds is 5. The number of hydrogen-bond donors (Lipinski definition) is 2. The number of carbonyl (C=O) groups excluding carboxylic acids is 1. The molecule has 2 N–H and O–H groups in total. The van der Waals surface area contributed by atoms with E-state index in [0.29, 0.717) is 18.3 Å². The Labute approximate surface area is 124 Å². The van der Waals surface area contributed by atoms with E-state index in [0.717, 1.165) is 25.9 Å².